The van der Waals surface area contributed by atoms with Crippen LogP contribution < -0.4 is 10.9 Å². The number of hydrogen-bond acceptors (Lipinski definition) is 3. The molecule has 3 aromatic rings. The van der Waals surface area contributed by atoms with Gasteiger partial charge in [-0.2, -0.15) is 0 Å². The fourth-order valence-corrected chi connectivity index (χ4v) is 2.59. The number of nitrogens with one attached hydrogen (secondary N) is 1. The van der Waals surface area contributed by atoms with Crippen LogP contribution in [0.5, 0.6) is 0 Å². The lowest BCUT2D eigenvalue weighted by Crippen LogP contribution is -2.23. The van der Waals surface area contributed by atoms with Crippen molar-refractivity contribution in [1.29, 1.82) is 0 Å². The van der Waals surface area contributed by atoms with E-state index in [1.165, 1.54) is 5.56 Å². The van der Waals surface area contributed by atoms with Gasteiger partial charge in [-0.3, -0.25) is 9.36 Å². The summed E-state index contributed by atoms with van der Waals surface area (Å²) < 4.78 is 1.65. The Balaban J connectivity index is 1.89. The zero-order valence-corrected chi connectivity index (χ0v) is 14.2. The standard InChI is InChI=1S/C20H21N3O/c1-14-5-8-17(9-6-14)13-22-19-20(24)23(11-10-21-19)18-12-15(2)4-7-16(18)3/h4-12H,13H2,1-3H3,(H,21,22). The molecule has 0 amide bonds. The van der Waals surface area contributed by atoms with Crippen LogP contribution in [0, 0.1) is 20.8 Å². The number of aryl methyl sites for hydroxylation is 3. The van der Waals surface area contributed by atoms with Crippen LogP contribution in [0.15, 0.2) is 59.7 Å². The van der Waals surface area contributed by atoms with E-state index in [0.29, 0.717) is 12.4 Å². The monoisotopic (exact) mass is 319 g/mol. The van der Waals surface area contributed by atoms with Crippen LogP contribution in [0.25, 0.3) is 5.69 Å². The Morgan fingerprint density at radius 1 is 1.00 bits per heavy atom. The van der Waals surface area contributed by atoms with Crippen LogP contribution in [-0.2, 0) is 6.54 Å². The van der Waals surface area contributed by atoms with E-state index in [1.54, 1.807) is 17.0 Å². The number of aromatic nitrogens is 2. The Hall–Kier alpha value is -2.88. The van der Waals surface area contributed by atoms with Crippen LogP contribution in [0.2, 0.25) is 0 Å². The molecular formula is C20H21N3O. The minimum Gasteiger partial charge on any atom is -0.361 e. The Kier molecular flexibility index (Phi) is 4.47. The molecule has 0 unspecified atom stereocenters. The molecule has 4 nitrogen and oxygen atoms in total. The molecule has 2 aromatic carbocycles. The molecule has 0 fully saturated rings. The molecule has 0 atom stereocenters. The zero-order valence-electron chi connectivity index (χ0n) is 14.2. The lowest BCUT2D eigenvalue weighted by molar-refractivity contribution is 0.934. The third kappa shape index (κ3) is 3.38. The lowest BCUT2D eigenvalue weighted by atomic mass is 10.1. The smallest absolute Gasteiger partial charge is 0.297 e. The van der Waals surface area contributed by atoms with Gasteiger partial charge in [0.1, 0.15) is 0 Å². The Labute approximate surface area is 141 Å². The van der Waals surface area contributed by atoms with Gasteiger partial charge in [0, 0.05) is 18.9 Å². The molecule has 24 heavy (non-hydrogen) atoms. The van der Waals surface area contributed by atoms with Crippen molar-refractivity contribution in [3.05, 3.63) is 87.5 Å². The van der Waals surface area contributed by atoms with Crippen LogP contribution in [0.3, 0.4) is 0 Å². The SMILES string of the molecule is Cc1ccc(CNc2nccn(-c3cc(C)ccc3C)c2=O)cc1. The first-order chi connectivity index (χ1) is 11.5. The number of hydrogen-bond donors (Lipinski definition) is 1. The van der Waals surface area contributed by atoms with E-state index < -0.39 is 0 Å². The van der Waals surface area contributed by atoms with Crippen molar-refractivity contribution in [2.75, 3.05) is 5.32 Å². The van der Waals surface area contributed by atoms with Gasteiger partial charge in [0.25, 0.3) is 5.56 Å². The van der Waals surface area contributed by atoms with Gasteiger partial charge in [-0.05, 0) is 43.5 Å². The van der Waals surface area contributed by atoms with Crippen molar-refractivity contribution in [3.63, 3.8) is 0 Å². The summed E-state index contributed by atoms with van der Waals surface area (Å²) in [5.74, 6) is 0.360. The molecule has 1 N–H and O–H groups in total. The molecule has 3 rings (SSSR count). The molecule has 0 saturated carbocycles. The van der Waals surface area contributed by atoms with E-state index in [2.05, 4.69) is 41.5 Å². The lowest BCUT2D eigenvalue weighted by Gasteiger charge is -2.12. The van der Waals surface area contributed by atoms with Gasteiger partial charge in [0.2, 0.25) is 0 Å². The predicted octanol–water partition coefficient (Wildman–Crippen LogP) is 3.77. The minimum atomic E-state index is -0.140. The maximum absolute atomic E-state index is 12.7. The van der Waals surface area contributed by atoms with E-state index in [-0.39, 0.29) is 5.56 Å². The third-order valence-corrected chi connectivity index (χ3v) is 4.05. The second kappa shape index (κ2) is 6.71. The van der Waals surface area contributed by atoms with E-state index in [4.69, 9.17) is 0 Å². The third-order valence-electron chi connectivity index (χ3n) is 4.05. The second-order valence-corrected chi connectivity index (χ2v) is 6.08. The average molecular weight is 319 g/mol. The van der Waals surface area contributed by atoms with Crippen molar-refractivity contribution >= 4 is 5.82 Å². The summed E-state index contributed by atoms with van der Waals surface area (Å²) in [6.45, 7) is 6.64. The Morgan fingerprint density at radius 2 is 1.71 bits per heavy atom. The van der Waals surface area contributed by atoms with E-state index in [1.807, 2.05) is 32.0 Å². The van der Waals surface area contributed by atoms with E-state index in [0.717, 1.165) is 22.4 Å². The molecule has 1 heterocycles. The Morgan fingerprint density at radius 3 is 2.46 bits per heavy atom. The zero-order chi connectivity index (χ0) is 17.1. The summed E-state index contributed by atoms with van der Waals surface area (Å²) in [6.07, 6.45) is 3.36. The first-order valence-electron chi connectivity index (χ1n) is 7.99. The summed E-state index contributed by atoms with van der Waals surface area (Å²) in [5, 5.41) is 3.15. The highest BCUT2D eigenvalue weighted by Crippen LogP contribution is 2.14. The van der Waals surface area contributed by atoms with Gasteiger partial charge in [0.15, 0.2) is 5.82 Å². The van der Waals surface area contributed by atoms with Crippen LogP contribution in [0.4, 0.5) is 5.82 Å². The molecular weight excluding hydrogens is 298 g/mol. The summed E-state index contributed by atoms with van der Waals surface area (Å²) in [4.78, 5) is 17.0. The number of rotatable bonds is 4. The second-order valence-electron chi connectivity index (χ2n) is 6.08. The van der Waals surface area contributed by atoms with Crippen molar-refractivity contribution in [3.8, 4) is 5.69 Å². The van der Waals surface area contributed by atoms with Crippen LogP contribution in [-0.4, -0.2) is 9.55 Å². The van der Waals surface area contributed by atoms with Gasteiger partial charge < -0.3 is 5.32 Å². The first-order valence-corrected chi connectivity index (χ1v) is 7.99. The first kappa shape index (κ1) is 16.0. The fraction of sp³-hybridized carbons (Fsp3) is 0.200. The van der Waals surface area contributed by atoms with Gasteiger partial charge in [-0.1, -0.05) is 42.0 Å². The molecule has 1 aromatic heterocycles. The van der Waals surface area contributed by atoms with Gasteiger partial charge >= 0.3 is 0 Å². The summed E-state index contributed by atoms with van der Waals surface area (Å²) >= 11 is 0. The van der Waals surface area contributed by atoms with E-state index in [9.17, 15) is 4.79 Å². The highest BCUT2D eigenvalue weighted by Gasteiger charge is 2.08. The molecule has 0 aliphatic rings. The fourth-order valence-electron chi connectivity index (χ4n) is 2.59. The quantitative estimate of drug-likeness (QED) is 0.796. The van der Waals surface area contributed by atoms with Crippen molar-refractivity contribution in [2.45, 2.75) is 27.3 Å². The van der Waals surface area contributed by atoms with Crippen molar-refractivity contribution < 1.29 is 0 Å². The predicted molar refractivity (Wildman–Crippen MR) is 97.8 cm³/mol. The molecule has 0 aliphatic heterocycles. The maximum Gasteiger partial charge on any atom is 0.297 e. The molecule has 0 spiro atoms. The van der Waals surface area contributed by atoms with Crippen LogP contribution >= 0.6 is 0 Å². The molecule has 4 heteroatoms. The molecule has 122 valence electrons. The van der Waals surface area contributed by atoms with Gasteiger partial charge in [-0.25, -0.2) is 4.98 Å². The minimum absolute atomic E-state index is 0.140. The number of nitrogens with zero attached hydrogens (tertiary/aromatic N) is 2. The summed E-state index contributed by atoms with van der Waals surface area (Å²) in [6, 6.07) is 14.3. The number of benzene rings is 2. The van der Waals surface area contributed by atoms with Crippen molar-refractivity contribution in [2.24, 2.45) is 0 Å². The highest BCUT2D eigenvalue weighted by molar-refractivity contribution is 5.45. The largest absolute Gasteiger partial charge is 0.361 e. The molecule has 0 bridgehead atoms. The number of anilines is 1. The Bertz CT molecular complexity index is 911. The van der Waals surface area contributed by atoms with Gasteiger partial charge in [-0.15, -0.1) is 0 Å². The van der Waals surface area contributed by atoms with Gasteiger partial charge in [0.05, 0.1) is 5.69 Å². The van der Waals surface area contributed by atoms with Crippen molar-refractivity contribution in [1.82, 2.24) is 9.55 Å². The summed E-state index contributed by atoms with van der Waals surface area (Å²) in [5.41, 5.74) is 5.25. The highest BCUT2D eigenvalue weighted by atomic mass is 16.1. The maximum atomic E-state index is 12.7. The summed E-state index contributed by atoms with van der Waals surface area (Å²) in [7, 11) is 0. The van der Waals surface area contributed by atoms with E-state index >= 15 is 0 Å². The molecule has 0 saturated heterocycles. The average Bonchev–Trinajstić information content (AvgIpc) is 2.58. The normalized spacial score (nSPS) is 10.6. The molecule has 0 radical (unpaired) electrons. The topological polar surface area (TPSA) is 46.9 Å². The van der Waals surface area contributed by atoms with Crippen LogP contribution in [0.1, 0.15) is 22.3 Å². The molecule has 0 aliphatic carbocycles.